The van der Waals surface area contributed by atoms with Crippen LogP contribution in [0.5, 0.6) is 0 Å². The molecule has 21 heavy (non-hydrogen) atoms. The van der Waals surface area contributed by atoms with Crippen molar-refractivity contribution in [2.24, 2.45) is 5.92 Å². The van der Waals surface area contributed by atoms with Crippen LogP contribution in [0.2, 0.25) is 0 Å². The zero-order valence-electron chi connectivity index (χ0n) is 12.2. The number of carbonyl (C=O) groups is 1. The summed E-state index contributed by atoms with van der Waals surface area (Å²) in [5.74, 6) is 0.832. The van der Waals surface area contributed by atoms with Crippen LogP contribution in [0.4, 0.5) is 10.9 Å². The van der Waals surface area contributed by atoms with E-state index < -0.39 is 0 Å². The molecule has 1 unspecified atom stereocenters. The monoisotopic (exact) mass is 306 g/mol. The number of anilines is 2. The molecule has 1 atom stereocenters. The van der Waals surface area contributed by atoms with Crippen molar-refractivity contribution in [1.82, 2.24) is 10.3 Å². The Morgan fingerprint density at radius 1 is 1.43 bits per heavy atom. The van der Waals surface area contributed by atoms with Crippen molar-refractivity contribution in [1.29, 1.82) is 0 Å². The quantitative estimate of drug-likeness (QED) is 0.838. The molecule has 1 aromatic rings. The first-order chi connectivity index (χ1) is 10.2. The Hall–Kier alpha value is -1.56. The first-order valence-corrected chi connectivity index (χ1v) is 8.50. The van der Waals surface area contributed by atoms with Crippen LogP contribution in [0.1, 0.15) is 41.8 Å². The standard InChI is InChI=1S/C15H22N4OS/c16-13-12(21-15(18-13)19-8-4-5-9-19)14(20)17-10-11-6-2-1-3-7-11/h1-2,11H,3-10,16H2,(H,17,20). The minimum Gasteiger partial charge on any atom is -0.382 e. The summed E-state index contributed by atoms with van der Waals surface area (Å²) >= 11 is 1.42. The third kappa shape index (κ3) is 3.37. The Labute approximate surface area is 129 Å². The lowest BCUT2D eigenvalue weighted by atomic mass is 9.94. The molecule has 3 rings (SSSR count). The van der Waals surface area contributed by atoms with E-state index in [2.05, 4.69) is 27.4 Å². The number of amides is 1. The van der Waals surface area contributed by atoms with Crippen molar-refractivity contribution in [2.45, 2.75) is 32.1 Å². The highest BCUT2D eigenvalue weighted by atomic mass is 32.1. The van der Waals surface area contributed by atoms with Crippen molar-refractivity contribution < 1.29 is 4.79 Å². The van der Waals surface area contributed by atoms with Gasteiger partial charge in [-0.15, -0.1) is 0 Å². The number of rotatable bonds is 4. The Morgan fingerprint density at radius 3 is 2.95 bits per heavy atom. The number of allylic oxidation sites excluding steroid dienone is 2. The summed E-state index contributed by atoms with van der Waals surface area (Å²) in [7, 11) is 0. The molecule has 114 valence electrons. The molecule has 5 nitrogen and oxygen atoms in total. The van der Waals surface area contributed by atoms with E-state index in [0.29, 0.717) is 16.6 Å². The van der Waals surface area contributed by atoms with Gasteiger partial charge in [0.2, 0.25) is 0 Å². The van der Waals surface area contributed by atoms with E-state index in [1.807, 2.05) is 0 Å². The van der Waals surface area contributed by atoms with Crippen LogP contribution in [-0.2, 0) is 0 Å². The number of carbonyl (C=O) groups excluding carboxylic acids is 1. The summed E-state index contributed by atoms with van der Waals surface area (Å²) in [5.41, 5.74) is 5.92. The number of nitrogen functional groups attached to an aromatic ring is 1. The van der Waals surface area contributed by atoms with Gasteiger partial charge in [0.25, 0.3) is 5.91 Å². The summed E-state index contributed by atoms with van der Waals surface area (Å²) in [4.78, 5) is 19.4. The summed E-state index contributed by atoms with van der Waals surface area (Å²) < 4.78 is 0. The molecule has 1 aliphatic heterocycles. The fourth-order valence-corrected chi connectivity index (χ4v) is 3.84. The van der Waals surface area contributed by atoms with E-state index in [1.54, 1.807) is 0 Å². The van der Waals surface area contributed by atoms with E-state index in [-0.39, 0.29) is 5.91 Å². The Balaban J connectivity index is 1.60. The van der Waals surface area contributed by atoms with E-state index in [0.717, 1.165) is 44.0 Å². The average molecular weight is 306 g/mol. The predicted molar refractivity (Wildman–Crippen MR) is 86.8 cm³/mol. The molecule has 0 spiro atoms. The van der Waals surface area contributed by atoms with Gasteiger partial charge in [0.05, 0.1) is 0 Å². The van der Waals surface area contributed by atoms with E-state index in [4.69, 9.17) is 5.73 Å². The van der Waals surface area contributed by atoms with Crippen LogP contribution in [0.15, 0.2) is 12.2 Å². The second kappa shape index (κ2) is 6.47. The van der Waals surface area contributed by atoms with Crippen molar-refractivity contribution in [2.75, 3.05) is 30.3 Å². The van der Waals surface area contributed by atoms with E-state index in [9.17, 15) is 4.79 Å². The fraction of sp³-hybridized carbons (Fsp3) is 0.600. The molecule has 1 aromatic heterocycles. The highest BCUT2D eigenvalue weighted by Gasteiger charge is 2.22. The van der Waals surface area contributed by atoms with Gasteiger partial charge >= 0.3 is 0 Å². The molecule has 0 radical (unpaired) electrons. The summed E-state index contributed by atoms with van der Waals surface area (Å²) in [5, 5.41) is 3.90. The lowest BCUT2D eigenvalue weighted by molar-refractivity contribution is 0.0951. The number of hydrogen-bond donors (Lipinski definition) is 2. The first kappa shape index (κ1) is 14.4. The molecule has 1 amide bonds. The highest BCUT2D eigenvalue weighted by Crippen LogP contribution is 2.30. The first-order valence-electron chi connectivity index (χ1n) is 7.68. The topological polar surface area (TPSA) is 71.2 Å². The molecule has 6 heteroatoms. The van der Waals surface area contributed by atoms with Gasteiger partial charge in [-0.1, -0.05) is 23.5 Å². The number of nitrogens with zero attached hydrogens (tertiary/aromatic N) is 2. The highest BCUT2D eigenvalue weighted by molar-refractivity contribution is 7.18. The lowest BCUT2D eigenvalue weighted by Gasteiger charge is -2.17. The SMILES string of the molecule is Nc1nc(N2CCCC2)sc1C(=O)NCC1CC=CCC1. The molecule has 2 heterocycles. The molecule has 1 aliphatic carbocycles. The molecule has 1 saturated heterocycles. The van der Waals surface area contributed by atoms with Crippen molar-refractivity contribution >= 4 is 28.2 Å². The number of thiazole rings is 1. The van der Waals surface area contributed by atoms with Gasteiger partial charge in [-0.05, 0) is 38.0 Å². The summed E-state index contributed by atoms with van der Waals surface area (Å²) in [6, 6.07) is 0. The Bertz CT molecular complexity index is 534. The third-order valence-corrected chi connectivity index (χ3v) is 5.28. The lowest BCUT2D eigenvalue weighted by Crippen LogP contribution is -2.29. The second-order valence-electron chi connectivity index (χ2n) is 5.77. The maximum absolute atomic E-state index is 12.3. The van der Waals surface area contributed by atoms with Crippen LogP contribution in [-0.4, -0.2) is 30.5 Å². The molecule has 0 saturated carbocycles. The van der Waals surface area contributed by atoms with Crippen LogP contribution in [0, 0.1) is 5.92 Å². The molecule has 0 aromatic carbocycles. The molecular formula is C15H22N4OS. The van der Waals surface area contributed by atoms with E-state index in [1.165, 1.54) is 24.2 Å². The zero-order valence-corrected chi connectivity index (χ0v) is 13.0. The van der Waals surface area contributed by atoms with Gasteiger partial charge in [-0.2, -0.15) is 0 Å². The summed E-state index contributed by atoms with van der Waals surface area (Å²) in [6.45, 7) is 2.75. The van der Waals surface area contributed by atoms with Crippen LogP contribution in [0.3, 0.4) is 0 Å². The maximum Gasteiger partial charge on any atom is 0.265 e. The van der Waals surface area contributed by atoms with E-state index >= 15 is 0 Å². The molecular weight excluding hydrogens is 284 g/mol. The predicted octanol–water partition coefficient (Wildman–Crippen LogP) is 2.41. The molecule has 2 aliphatic rings. The van der Waals surface area contributed by atoms with Gasteiger partial charge in [0.15, 0.2) is 5.13 Å². The molecule has 1 fully saturated rings. The Kier molecular flexibility index (Phi) is 4.43. The number of nitrogens with one attached hydrogen (secondary N) is 1. The number of nitrogens with two attached hydrogens (primary N) is 1. The average Bonchev–Trinajstić information content (AvgIpc) is 3.15. The smallest absolute Gasteiger partial charge is 0.265 e. The molecule has 3 N–H and O–H groups in total. The minimum absolute atomic E-state index is 0.0787. The van der Waals surface area contributed by atoms with Gasteiger partial charge in [-0.3, -0.25) is 4.79 Å². The maximum atomic E-state index is 12.3. The van der Waals surface area contributed by atoms with Gasteiger partial charge in [-0.25, -0.2) is 4.98 Å². The number of hydrogen-bond acceptors (Lipinski definition) is 5. The van der Waals surface area contributed by atoms with Gasteiger partial charge in [0, 0.05) is 19.6 Å². The van der Waals surface area contributed by atoms with Crippen molar-refractivity contribution in [3.05, 3.63) is 17.0 Å². The van der Waals surface area contributed by atoms with Crippen LogP contribution < -0.4 is 16.0 Å². The zero-order chi connectivity index (χ0) is 14.7. The summed E-state index contributed by atoms with van der Waals surface area (Å²) in [6.07, 6.45) is 10.1. The second-order valence-corrected chi connectivity index (χ2v) is 6.74. The third-order valence-electron chi connectivity index (χ3n) is 4.15. The largest absolute Gasteiger partial charge is 0.382 e. The van der Waals surface area contributed by atoms with Gasteiger partial charge in [0.1, 0.15) is 10.7 Å². The van der Waals surface area contributed by atoms with Crippen LogP contribution in [0.25, 0.3) is 0 Å². The normalized spacial score (nSPS) is 21.7. The van der Waals surface area contributed by atoms with Crippen molar-refractivity contribution in [3.8, 4) is 0 Å². The minimum atomic E-state index is -0.0787. The fourth-order valence-electron chi connectivity index (χ4n) is 2.89. The Morgan fingerprint density at radius 2 is 2.24 bits per heavy atom. The van der Waals surface area contributed by atoms with Crippen LogP contribution >= 0.6 is 11.3 Å². The van der Waals surface area contributed by atoms with Crippen molar-refractivity contribution in [3.63, 3.8) is 0 Å². The number of aromatic nitrogens is 1. The van der Waals surface area contributed by atoms with Gasteiger partial charge < -0.3 is 16.0 Å². The molecule has 0 bridgehead atoms.